The molecule has 1 saturated carbocycles. The fraction of sp³-hybridized carbons (Fsp3) is 0.588. The minimum Gasteiger partial charge on any atom is -0.338 e. The van der Waals surface area contributed by atoms with Crippen molar-refractivity contribution in [3.63, 3.8) is 0 Å². The number of halogens is 1. The predicted molar refractivity (Wildman–Crippen MR) is 87.8 cm³/mol. The standard InChI is InChI=1S/C17H25ClN2O/c1-20(13-15-5-3-2-4-6-15)17(21)19-12-11-14-7-9-16(18)10-8-14/h7-10,15H,2-6,11-13H2,1H3,(H,19,21). The van der Waals surface area contributed by atoms with Crippen LogP contribution in [-0.4, -0.2) is 31.1 Å². The molecular formula is C17H25ClN2O. The molecule has 3 nitrogen and oxygen atoms in total. The fourth-order valence-electron chi connectivity index (χ4n) is 2.94. The lowest BCUT2D eigenvalue weighted by Crippen LogP contribution is -2.40. The van der Waals surface area contributed by atoms with Crippen molar-refractivity contribution in [3.05, 3.63) is 34.9 Å². The van der Waals surface area contributed by atoms with E-state index in [9.17, 15) is 4.79 Å². The number of amides is 2. The van der Waals surface area contributed by atoms with Gasteiger partial charge in [-0.25, -0.2) is 4.79 Å². The molecule has 1 fully saturated rings. The molecule has 1 aliphatic rings. The van der Waals surface area contributed by atoms with Crippen molar-refractivity contribution in [2.24, 2.45) is 5.92 Å². The molecule has 1 aromatic rings. The highest BCUT2D eigenvalue weighted by Crippen LogP contribution is 2.24. The molecule has 0 heterocycles. The number of nitrogens with zero attached hydrogens (tertiary/aromatic N) is 1. The Labute approximate surface area is 132 Å². The summed E-state index contributed by atoms with van der Waals surface area (Å²) < 4.78 is 0. The molecule has 0 bridgehead atoms. The van der Waals surface area contributed by atoms with Crippen molar-refractivity contribution in [2.75, 3.05) is 20.1 Å². The average molecular weight is 309 g/mol. The van der Waals surface area contributed by atoms with Crippen LogP contribution >= 0.6 is 11.6 Å². The number of rotatable bonds is 5. The third kappa shape index (κ3) is 5.58. The molecule has 116 valence electrons. The first kappa shape index (κ1) is 16.2. The maximum Gasteiger partial charge on any atom is 0.317 e. The van der Waals surface area contributed by atoms with Crippen molar-refractivity contribution in [1.29, 1.82) is 0 Å². The summed E-state index contributed by atoms with van der Waals surface area (Å²) in [5.74, 6) is 0.686. The molecule has 0 aromatic heterocycles. The number of nitrogens with one attached hydrogen (secondary N) is 1. The van der Waals surface area contributed by atoms with Crippen molar-refractivity contribution in [2.45, 2.75) is 38.5 Å². The maximum absolute atomic E-state index is 12.1. The lowest BCUT2D eigenvalue weighted by atomic mass is 9.89. The van der Waals surface area contributed by atoms with E-state index < -0.39 is 0 Å². The van der Waals surface area contributed by atoms with Crippen LogP contribution in [0.25, 0.3) is 0 Å². The van der Waals surface area contributed by atoms with Crippen LogP contribution in [0.4, 0.5) is 4.79 Å². The van der Waals surface area contributed by atoms with Crippen LogP contribution in [0.3, 0.4) is 0 Å². The van der Waals surface area contributed by atoms with Gasteiger partial charge in [-0.05, 0) is 42.9 Å². The minimum atomic E-state index is 0.0366. The molecule has 2 rings (SSSR count). The number of hydrogen-bond acceptors (Lipinski definition) is 1. The second-order valence-electron chi connectivity index (χ2n) is 5.99. The lowest BCUT2D eigenvalue weighted by molar-refractivity contribution is 0.192. The predicted octanol–water partition coefficient (Wildman–Crippen LogP) is 4.10. The first-order valence-electron chi connectivity index (χ1n) is 7.88. The van der Waals surface area contributed by atoms with Crippen molar-refractivity contribution >= 4 is 17.6 Å². The zero-order chi connectivity index (χ0) is 15.1. The van der Waals surface area contributed by atoms with E-state index in [1.54, 1.807) is 0 Å². The quantitative estimate of drug-likeness (QED) is 0.872. The molecular weight excluding hydrogens is 284 g/mol. The molecule has 0 atom stereocenters. The van der Waals surface area contributed by atoms with Gasteiger partial charge in [0.15, 0.2) is 0 Å². The third-order valence-corrected chi connectivity index (χ3v) is 4.46. The highest BCUT2D eigenvalue weighted by atomic mass is 35.5. The van der Waals surface area contributed by atoms with Crippen LogP contribution in [0, 0.1) is 5.92 Å². The molecule has 0 spiro atoms. The summed E-state index contributed by atoms with van der Waals surface area (Å²) in [6.45, 7) is 1.54. The number of benzene rings is 1. The van der Waals surface area contributed by atoms with Crippen LogP contribution in [0.2, 0.25) is 5.02 Å². The Morgan fingerprint density at radius 3 is 2.57 bits per heavy atom. The Hall–Kier alpha value is -1.22. The third-order valence-electron chi connectivity index (χ3n) is 4.21. The first-order valence-corrected chi connectivity index (χ1v) is 8.26. The van der Waals surface area contributed by atoms with Crippen molar-refractivity contribution < 1.29 is 4.79 Å². The number of hydrogen-bond donors (Lipinski definition) is 1. The minimum absolute atomic E-state index is 0.0366. The summed E-state index contributed by atoms with van der Waals surface area (Å²) in [7, 11) is 1.90. The zero-order valence-corrected chi connectivity index (χ0v) is 13.5. The Bertz CT molecular complexity index is 441. The van der Waals surface area contributed by atoms with Crippen LogP contribution in [0.1, 0.15) is 37.7 Å². The normalized spacial score (nSPS) is 15.7. The molecule has 1 aliphatic carbocycles. The Kier molecular flexibility index (Phi) is 6.37. The van der Waals surface area contributed by atoms with Crippen molar-refractivity contribution in [3.8, 4) is 0 Å². The van der Waals surface area contributed by atoms with Crippen LogP contribution < -0.4 is 5.32 Å². The average Bonchev–Trinajstić information content (AvgIpc) is 2.50. The Morgan fingerprint density at radius 2 is 1.90 bits per heavy atom. The van der Waals surface area contributed by atoms with Gasteiger partial charge in [0.05, 0.1) is 0 Å². The van der Waals surface area contributed by atoms with Crippen molar-refractivity contribution in [1.82, 2.24) is 10.2 Å². The second-order valence-corrected chi connectivity index (χ2v) is 6.43. The summed E-state index contributed by atoms with van der Waals surface area (Å²) >= 11 is 5.85. The van der Waals surface area contributed by atoms with E-state index in [0.717, 1.165) is 18.0 Å². The molecule has 21 heavy (non-hydrogen) atoms. The summed E-state index contributed by atoms with van der Waals surface area (Å²) in [5.41, 5.74) is 1.19. The molecule has 0 saturated heterocycles. The van der Waals surface area contributed by atoms with E-state index in [4.69, 9.17) is 11.6 Å². The highest BCUT2D eigenvalue weighted by molar-refractivity contribution is 6.30. The fourth-order valence-corrected chi connectivity index (χ4v) is 3.07. The number of carbonyl (C=O) groups is 1. The van der Waals surface area contributed by atoms with Crippen LogP contribution in [0.5, 0.6) is 0 Å². The van der Waals surface area contributed by atoms with Gasteiger partial charge in [0, 0.05) is 25.2 Å². The van der Waals surface area contributed by atoms with E-state index in [1.165, 1.54) is 37.7 Å². The maximum atomic E-state index is 12.1. The zero-order valence-electron chi connectivity index (χ0n) is 12.8. The summed E-state index contributed by atoms with van der Waals surface area (Å²) in [6, 6.07) is 7.80. The molecule has 0 aliphatic heterocycles. The van der Waals surface area contributed by atoms with Crippen LogP contribution in [0.15, 0.2) is 24.3 Å². The first-order chi connectivity index (χ1) is 10.1. The smallest absolute Gasteiger partial charge is 0.317 e. The molecule has 4 heteroatoms. The van der Waals surface area contributed by atoms with E-state index in [1.807, 2.05) is 36.2 Å². The van der Waals surface area contributed by atoms with E-state index >= 15 is 0 Å². The second kappa shape index (κ2) is 8.28. The van der Waals surface area contributed by atoms with Crippen LogP contribution in [-0.2, 0) is 6.42 Å². The highest BCUT2D eigenvalue weighted by Gasteiger charge is 2.17. The van der Waals surface area contributed by atoms with Gasteiger partial charge >= 0.3 is 6.03 Å². The largest absolute Gasteiger partial charge is 0.338 e. The summed E-state index contributed by atoms with van der Waals surface area (Å²) in [6.07, 6.45) is 7.35. The van der Waals surface area contributed by atoms with Gasteiger partial charge in [0.2, 0.25) is 0 Å². The van der Waals surface area contributed by atoms with E-state index in [0.29, 0.717) is 12.5 Å². The van der Waals surface area contributed by atoms with Gasteiger partial charge in [-0.2, -0.15) is 0 Å². The molecule has 1 N–H and O–H groups in total. The van der Waals surface area contributed by atoms with E-state index in [-0.39, 0.29) is 6.03 Å². The van der Waals surface area contributed by atoms with E-state index in [2.05, 4.69) is 5.32 Å². The van der Waals surface area contributed by atoms with Gasteiger partial charge in [-0.15, -0.1) is 0 Å². The summed E-state index contributed by atoms with van der Waals surface area (Å²) in [4.78, 5) is 13.9. The van der Waals surface area contributed by atoms with Gasteiger partial charge in [0.1, 0.15) is 0 Å². The molecule has 1 aromatic carbocycles. The molecule has 0 radical (unpaired) electrons. The SMILES string of the molecule is CN(CC1CCCCC1)C(=O)NCCc1ccc(Cl)cc1. The Balaban J connectivity index is 1.67. The molecule has 0 unspecified atom stereocenters. The topological polar surface area (TPSA) is 32.3 Å². The molecule has 2 amide bonds. The lowest BCUT2D eigenvalue weighted by Gasteiger charge is -2.27. The number of urea groups is 1. The monoisotopic (exact) mass is 308 g/mol. The Morgan fingerprint density at radius 1 is 1.24 bits per heavy atom. The van der Waals surface area contributed by atoms with Gasteiger partial charge < -0.3 is 10.2 Å². The summed E-state index contributed by atoms with van der Waals surface area (Å²) in [5, 5.41) is 3.73. The van der Waals surface area contributed by atoms with Gasteiger partial charge in [0.25, 0.3) is 0 Å². The van der Waals surface area contributed by atoms with Gasteiger partial charge in [-0.3, -0.25) is 0 Å². The van der Waals surface area contributed by atoms with Gasteiger partial charge in [-0.1, -0.05) is 43.0 Å². The number of carbonyl (C=O) groups excluding carboxylic acids is 1.